The molecule has 1 atom stereocenters. The van der Waals surface area contributed by atoms with E-state index in [2.05, 4.69) is 9.88 Å². The fourth-order valence-corrected chi connectivity index (χ4v) is 2.51. The topological polar surface area (TPSA) is 86.2 Å². The second kappa shape index (κ2) is 5.82. The Morgan fingerprint density at radius 1 is 1.61 bits per heavy atom. The monoisotopic (exact) mass is 248 g/mol. The third kappa shape index (κ3) is 2.79. The largest absolute Gasteiger partial charge is 0.396 e. The van der Waals surface area contributed by atoms with E-state index in [1.54, 1.807) is 12.3 Å². The summed E-state index contributed by atoms with van der Waals surface area (Å²) < 4.78 is 0. The predicted octanol–water partition coefficient (Wildman–Crippen LogP) is 1.11. The highest BCUT2D eigenvalue weighted by Gasteiger charge is 2.25. The molecule has 0 spiro atoms. The summed E-state index contributed by atoms with van der Waals surface area (Å²) in [6.45, 7) is 1.23. The molecule has 1 saturated heterocycles. The van der Waals surface area contributed by atoms with Crippen molar-refractivity contribution in [3.8, 4) is 0 Å². The minimum Gasteiger partial charge on any atom is -0.396 e. The first-order valence-electron chi connectivity index (χ1n) is 6.40. The lowest BCUT2D eigenvalue weighted by Crippen LogP contribution is -2.30. The first kappa shape index (κ1) is 12.8. The quantitative estimate of drug-likeness (QED) is 0.538. The van der Waals surface area contributed by atoms with Crippen molar-refractivity contribution in [1.82, 2.24) is 4.98 Å². The van der Waals surface area contributed by atoms with E-state index in [1.807, 2.05) is 6.07 Å². The van der Waals surface area contributed by atoms with Gasteiger partial charge in [0, 0.05) is 31.0 Å². The van der Waals surface area contributed by atoms with E-state index < -0.39 is 0 Å². The molecule has 1 aliphatic rings. The molecule has 18 heavy (non-hydrogen) atoms. The highest BCUT2D eigenvalue weighted by atomic mass is 16.2. The van der Waals surface area contributed by atoms with Gasteiger partial charge in [-0.1, -0.05) is 0 Å². The Bertz CT molecular complexity index is 421. The number of rotatable bonds is 5. The van der Waals surface area contributed by atoms with E-state index in [0.717, 1.165) is 38.0 Å². The van der Waals surface area contributed by atoms with Gasteiger partial charge < -0.3 is 15.7 Å². The summed E-state index contributed by atoms with van der Waals surface area (Å²) in [5.41, 5.74) is 6.22. The Morgan fingerprint density at radius 2 is 2.44 bits per heavy atom. The molecule has 1 aromatic heterocycles. The number of nitrogens with one attached hydrogen (secondary N) is 1. The van der Waals surface area contributed by atoms with Crippen LogP contribution in [0.1, 0.15) is 31.2 Å². The number of pyridine rings is 1. The molecule has 0 radical (unpaired) electrons. The van der Waals surface area contributed by atoms with Crippen molar-refractivity contribution in [3.63, 3.8) is 0 Å². The molecule has 98 valence electrons. The lowest BCUT2D eigenvalue weighted by Gasteiger charge is -2.25. The molecule has 1 aromatic rings. The number of hydrogen-bond donors (Lipinski definition) is 3. The highest BCUT2D eigenvalue weighted by Crippen LogP contribution is 2.26. The normalized spacial score (nSPS) is 19.2. The lowest BCUT2D eigenvalue weighted by atomic mass is 10.1. The molecular weight excluding hydrogens is 228 g/mol. The second-order valence-electron chi connectivity index (χ2n) is 4.67. The van der Waals surface area contributed by atoms with E-state index in [-0.39, 0.29) is 12.4 Å². The van der Waals surface area contributed by atoms with Gasteiger partial charge in [0.2, 0.25) is 0 Å². The van der Waals surface area contributed by atoms with Crippen molar-refractivity contribution >= 4 is 11.7 Å². The number of nitrogens with zero attached hydrogens (tertiary/aromatic N) is 2. The van der Waals surface area contributed by atoms with E-state index in [1.165, 1.54) is 0 Å². The molecule has 4 N–H and O–H groups in total. The number of aromatic nitrogens is 1. The van der Waals surface area contributed by atoms with Crippen LogP contribution >= 0.6 is 0 Å². The molecule has 1 fully saturated rings. The highest BCUT2D eigenvalue weighted by molar-refractivity contribution is 5.95. The van der Waals surface area contributed by atoms with Crippen LogP contribution in [0.2, 0.25) is 0 Å². The van der Waals surface area contributed by atoms with Crippen molar-refractivity contribution in [2.24, 2.45) is 5.73 Å². The van der Waals surface area contributed by atoms with Crippen LogP contribution in [0.25, 0.3) is 0 Å². The van der Waals surface area contributed by atoms with E-state index in [9.17, 15) is 0 Å². The zero-order valence-electron chi connectivity index (χ0n) is 10.5. The number of anilines is 1. The third-order valence-corrected chi connectivity index (χ3v) is 3.42. The third-order valence-electron chi connectivity index (χ3n) is 3.42. The maximum Gasteiger partial charge on any atom is 0.129 e. The van der Waals surface area contributed by atoms with Crippen molar-refractivity contribution < 1.29 is 5.11 Å². The van der Waals surface area contributed by atoms with Crippen molar-refractivity contribution in [3.05, 3.63) is 23.9 Å². The number of nitrogen functional groups attached to an aromatic ring is 1. The molecule has 1 aliphatic heterocycles. The number of aliphatic hydroxyl groups excluding tert-OH is 1. The molecule has 0 aromatic carbocycles. The fourth-order valence-electron chi connectivity index (χ4n) is 2.51. The van der Waals surface area contributed by atoms with Gasteiger partial charge in [-0.05, 0) is 37.8 Å². The number of aliphatic hydroxyl groups is 1. The fraction of sp³-hybridized carbons (Fsp3) is 0.538. The van der Waals surface area contributed by atoms with Gasteiger partial charge in [0.25, 0.3) is 0 Å². The Labute approximate surface area is 107 Å². The molecule has 0 saturated carbocycles. The van der Waals surface area contributed by atoms with Gasteiger partial charge in [0.15, 0.2) is 0 Å². The first-order valence-corrected chi connectivity index (χ1v) is 6.40. The summed E-state index contributed by atoms with van der Waals surface area (Å²) >= 11 is 0. The van der Waals surface area contributed by atoms with Crippen LogP contribution in [0, 0.1) is 5.41 Å². The van der Waals surface area contributed by atoms with Gasteiger partial charge >= 0.3 is 0 Å². The van der Waals surface area contributed by atoms with Crippen molar-refractivity contribution in [2.45, 2.75) is 31.7 Å². The molecule has 2 heterocycles. The average Bonchev–Trinajstić information content (AvgIpc) is 2.84. The molecule has 0 aliphatic carbocycles. The summed E-state index contributed by atoms with van der Waals surface area (Å²) in [5, 5.41) is 16.4. The Balaban J connectivity index is 2.14. The zero-order valence-corrected chi connectivity index (χ0v) is 10.5. The minimum absolute atomic E-state index is 0.0738. The smallest absolute Gasteiger partial charge is 0.129 e. The van der Waals surface area contributed by atoms with Crippen LogP contribution in [-0.4, -0.2) is 35.1 Å². The minimum atomic E-state index is 0.0738. The van der Waals surface area contributed by atoms with Crippen LogP contribution in [0.4, 0.5) is 5.82 Å². The SMILES string of the molecule is N=C(N)c1ccnc(N2CCCC2CCCO)c1. The van der Waals surface area contributed by atoms with Gasteiger partial charge in [-0.15, -0.1) is 0 Å². The van der Waals surface area contributed by atoms with Crippen LogP contribution in [0.5, 0.6) is 0 Å². The summed E-state index contributed by atoms with van der Waals surface area (Å²) in [6.07, 6.45) is 5.82. The van der Waals surface area contributed by atoms with Gasteiger partial charge in [0.05, 0.1) is 0 Å². The standard InChI is InChI=1S/C13H20N4O/c14-13(15)10-5-6-16-12(9-10)17-7-1-3-11(17)4-2-8-18/h5-6,9,11,18H,1-4,7-8H2,(H3,14,15). The van der Waals surface area contributed by atoms with Crippen LogP contribution in [-0.2, 0) is 0 Å². The summed E-state index contributed by atoms with van der Waals surface area (Å²) in [6, 6.07) is 4.08. The Hall–Kier alpha value is -1.62. The molecule has 1 unspecified atom stereocenters. The van der Waals surface area contributed by atoms with Crippen LogP contribution < -0.4 is 10.6 Å². The van der Waals surface area contributed by atoms with Gasteiger partial charge in [-0.25, -0.2) is 4.98 Å². The first-order chi connectivity index (χ1) is 8.72. The summed E-state index contributed by atoms with van der Waals surface area (Å²) in [7, 11) is 0. The number of nitrogens with two attached hydrogens (primary N) is 1. The van der Waals surface area contributed by atoms with E-state index in [0.29, 0.717) is 11.6 Å². The Morgan fingerprint density at radius 3 is 3.17 bits per heavy atom. The van der Waals surface area contributed by atoms with Crippen molar-refractivity contribution in [1.29, 1.82) is 5.41 Å². The molecule has 5 heteroatoms. The van der Waals surface area contributed by atoms with E-state index in [4.69, 9.17) is 16.2 Å². The molecular formula is C13H20N4O. The van der Waals surface area contributed by atoms with Gasteiger partial charge in [-0.3, -0.25) is 5.41 Å². The molecule has 5 nitrogen and oxygen atoms in total. The van der Waals surface area contributed by atoms with Crippen molar-refractivity contribution in [2.75, 3.05) is 18.1 Å². The summed E-state index contributed by atoms with van der Waals surface area (Å²) in [5.74, 6) is 0.966. The number of hydrogen-bond acceptors (Lipinski definition) is 4. The molecule has 0 bridgehead atoms. The second-order valence-corrected chi connectivity index (χ2v) is 4.67. The number of amidine groups is 1. The molecule has 2 rings (SSSR count). The Kier molecular flexibility index (Phi) is 4.15. The maximum atomic E-state index is 8.92. The van der Waals surface area contributed by atoms with Crippen LogP contribution in [0.3, 0.4) is 0 Å². The zero-order chi connectivity index (χ0) is 13.0. The lowest BCUT2D eigenvalue weighted by molar-refractivity contribution is 0.279. The average molecular weight is 248 g/mol. The summed E-state index contributed by atoms with van der Waals surface area (Å²) in [4.78, 5) is 6.64. The van der Waals surface area contributed by atoms with Gasteiger partial charge in [-0.2, -0.15) is 0 Å². The van der Waals surface area contributed by atoms with E-state index >= 15 is 0 Å². The maximum absolute atomic E-state index is 8.92. The predicted molar refractivity (Wildman–Crippen MR) is 71.9 cm³/mol. The van der Waals surface area contributed by atoms with Gasteiger partial charge in [0.1, 0.15) is 11.7 Å². The van der Waals surface area contributed by atoms with Crippen LogP contribution in [0.15, 0.2) is 18.3 Å². The molecule has 0 amide bonds.